The minimum Gasteiger partial charge on any atom is -0.493 e. The minimum atomic E-state index is -0.621. The quantitative estimate of drug-likeness (QED) is 0.300. The molecule has 0 spiro atoms. The van der Waals surface area contributed by atoms with Gasteiger partial charge in [0, 0.05) is 12.0 Å². The summed E-state index contributed by atoms with van der Waals surface area (Å²) in [5.74, 6) is -0.114. The van der Waals surface area contributed by atoms with Crippen LogP contribution in [-0.4, -0.2) is 23.2 Å². The van der Waals surface area contributed by atoms with Crippen molar-refractivity contribution in [3.63, 3.8) is 0 Å². The van der Waals surface area contributed by atoms with Crippen molar-refractivity contribution < 1.29 is 18.7 Å². The van der Waals surface area contributed by atoms with Crippen molar-refractivity contribution in [3.05, 3.63) is 68.9 Å². The molecule has 1 amide bonds. The van der Waals surface area contributed by atoms with E-state index >= 15 is 0 Å². The van der Waals surface area contributed by atoms with Gasteiger partial charge in [0.1, 0.15) is 29.1 Å². The highest BCUT2D eigenvalue weighted by Gasteiger charge is 2.16. The molecule has 0 bridgehead atoms. The van der Waals surface area contributed by atoms with Crippen LogP contribution in [0.25, 0.3) is 6.08 Å². The highest BCUT2D eigenvalue weighted by Crippen LogP contribution is 2.37. The van der Waals surface area contributed by atoms with Crippen molar-refractivity contribution >= 4 is 40.1 Å². The summed E-state index contributed by atoms with van der Waals surface area (Å²) < 4.78 is 24.9. The molecular formula is C24H22ClFN4O3S. The molecule has 0 fully saturated rings. The molecule has 3 aromatic rings. The van der Waals surface area contributed by atoms with Gasteiger partial charge in [-0.2, -0.15) is 5.26 Å². The second-order valence-electron chi connectivity index (χ2n) is 7.64. The standard InChI is InChI=1S/C24H22ClFN4O3S/c1-14(2)8-21-29-30-24(34-21)28-23(31)17(12-27)9-15-10-18(25)22(20(11-15)32-3)33-13-16-6-4-5-7-19(16)26/h4-7,9-11,14H,8,13H2,1-3H3,(H,28,30,31)/b17-9-. The number of rotatable bonds is 9. The number of aromatic nitrogens is 2. The van der Waals surface area contributed by atoms with Gasteiger partial charge in [-0.25, -0.2) is 4.39 Å². The Kier molecular flexibility index (Phi) is 8.57. The van der Waals surface area contributed by atoms with E-state index < -0.39 is 11.7 Å². The first-order chi connectivity index (χ1) is 16.3. The molecule has 34 heavy (non-hydrogen) atoms. The van der Waals surface area contributed by atoms with Crippen molar-refractivity contribution in [2.75, 3.05) is 12.4 Å². The number of methoxy groups -OCH3 is 1. The molecule has 10 heteroatoms. The highest BCUT2D eigenvalue weighted by molar-refractivity contribution is 7.15. The van der Waals surface area contributed by atoms with Crippen molar-refractivity contribution in [2.45, 2.75) is 26.9 Å². The van der Waals surface area contributed by atoms with Gasteiger partial charge in [0.15, 0.2) is 11.5 Å². The summed E-state index contributed by atoms with van der Waals surface area (Å²) >= 11 is 7.64. The first kappa shape index (κ1) is 25.1. The minimum absolute atomic E-state index is 0.0512. The van der Waals surface area contributed by atoms with Gasteiger partial charge < -0.3 is 9.47 Å². The van der Waals surface area contributed by atoms with Crippen molar-refractivity contribution in [1.82, 2.24) is 10.2 Å². The van der Waals surface area contributed by atoms with E-state index in [-0.39, 0.29) is 28.7 Å². The van der Waals surface area contributed by atoms with E-state index in [0.717, 1.165) is 11.4 Å². The summed E-state index contributed by atoms with van der Waals surface area (Å²) in [6.07, 6.45) is 2.12. The summed E-state index contributed by atoms with van der Waals surface area (Å²) in [6.45, 7) is 4.07. The lowest BCUT2D eigenvalue weighted by Crippen LogP contribution is -2.13. The Balaban J connectivity index is 1.78. The maximum absolute atomic E-state index is 13.9. The maximum atomic E-state index is 13.9. The maximum Gasteiger partial charge on any atom is 0.268 e. The van der Waals surface area contributed by atoms with Gasteiger partial charge in [0.25, 0.3) is 5.91 Å². The fourth-order valence-electron chi connectivity index (χ4n) is 2.94. The van der Waals surface area contributed by atoms with Gasteiger partial charge in [0.2, 0.25) is 5.13 Å². The highest BCUT2D eigenvalue weighted by atomic mass is 35.5. The molecule has 0 aliphatic rings. The number of benzene rings is 2. The van der Waals surface area contributed by atoms with Crippen LogP contribution in [0.5, 0.6) is 11.5 Å². The van der Waals surface area contributed by atoms with E-state index in [1.54, 1.807) is 24.3 Å². The number of hydrogen-bond donors (Lipinski definition) is 1. The third-order valence-corrected chi connectivity index (χ3v) is 5.67. The number of ether oxygens (including phenoxy) is 2. The lowest BCUT2D eigenvalue weighted by molar-refractivity contribution is -0.112. The average molecular weight is 501 g/mol. The number of nitrogens with one attached hydrogen (secondary N) is 1. The average Bonchev–Trinajstić information content (AvgIpc) is 3.23. The second kappa shape index (κ2) is 11.6. The van der Waals surface area contributed by atoms with E-state index in [9.17, 15) is 14.4 Å². The van der Waals surface area contributed by atoms with E-state index in [1.807, 2.05) is 6.07 Å². The SMILES string of the molecule is COc1cc(/C=C(/C#N)C(=O)Nc2nnc(CC(C)C)s2)cc(Cl)c1OCc1ccccc1F. The van der Waals surface area contributed by atoms with Gasteiger partial charge in [-0.05, 0) is 35.8 Å². The monoisotopic (exact) mass is 500 g/mol. The molecule has 1 N–H and O–H groups in total. The molecule has 2 aromatic carbocycles. The molecule has 1 heterocycles. The molecule has 0 atom stereocenters. The lowest BCUT2D eigenvalue weighted by atomic mass is 10.1. The Morgan fingerprint density at radius 2 is 2.09 bits per heavy atom. The van der Waals surface area contributed by atoms with Crippen LogP contribution in [0.2, 0.25) is 5.02 Å². The van der Waals surface area contributed by atoms with Crippen molar-refractivity contribution in [1.29, 1.82) is 5.26 Å². The van der Waals surface area contributed by atoms with Crippen LogP contribution in [0.15, 0.2) is 42.0 Å². The molecule has 0 aliphatic carbocycles. The fourth-order valence-corrected chi connectivity index (χ4v) is 4.16. The van der Waals surface area contributed by atoms with Crippen LogP contribution < -0.4 is 14.8 Å². The normalized spacial score (nSPS) is 11.3. The van der Waals surface area contributed by atoms with Gasteiger partial charge in [-0.3, -0.25) is 10.1 Å². The third-order valence-electron chi connectivity index (χ3n) is 4.53. The number of anilines is 1. The number of amides is 1. The first-order valence-corrected chi connectivity index (χ1v) is 11.5. The largest absolute Gasteiger partial charge is 0.493 e. The molecule has 3 rings (SSSR count). The second-order valence-corrected chi connectivity index (χ2v) is 9.11. The number of carbonyl (C=O) groups excluding carboxylic acids is 1. The molecule has 7 nitrogen and oxygen atoms in total. The number of carbonyl (C=O) groups is 1. The summed E-state index contributed by atoms with van der Waals surface area (Å²) in [5.41, 5.74) is 0.657. The van der Waals surface area contributed by atoms with Crippen molar-refractivity contribution in [3.8, 4) is 17.6 Å². The summed E-state index contributed by atoms with van der Waals surface area (Å²) in [5, 5.41) is 21.4. The number of nitrogens with zero attached hydrogens (tertiary/aromatic N) is 3. The van der Waals surface area contributed by atoms with Gasteiger partial charge >= 0.3 is 0 Å². The van der Waals surface area contributed by atoms with E-state index in [1.165, 1.54) is 36.7 Å². The Labute approximate surface area is 205 Å². The van der Waals surface area contributed by atoms with Crippen LogP contribution in [-0.2, 0) is 17.8 Å². The molecule has 0 radical (unpaired) electrons. The van der Waals surface area contributed by atoms with E-state index in [4.69, 9.17) is 21.1 Å². The number of hydrogen-bond acceptors (Lipinski definition) is 7. The Bertz CT molecular complexity index is 1250. The Morgan fingerprint density at radius 1 is 1.32 bits per heavy atom. The smallest absolute Gasteiger partial charge is 0.268 e. The van der Waals surface area contributed by atoms with Crippen LogP contribution >= 0.6 is 22.9 Å². The predicted octanol–water partition coefficient (Wildman–Crippen LogP) is 5.66. The Morgan fingerprint density at radius 3 is 2.76 bits per heavy atom. The van der Waals surface area contributed by atoms with E-state index in [2.05, 4.69) is 29.4 Å². The first-order valence-electron chi connectivity index (χ1n) is 10.3. The Hall–Kier alpha value is -3.48. The fraction of sp³-hybridized carbons (Fsp3) is 0.250. The lowest BCUT2D eigenvalue weighted by Gasteiger charge is -2.14. The van der Waals surface area contributed by atoms with Crippen LogP contribution in [0.1, 0.15) is 30.0 Å². The molecule has 1 aromatic heterocycles. The molecule has 0 unspecified atom stereocenters. The van der Waals surface area contributed by atoms with Gasteiger partial charge in [-0.1, -0.05) is 55.0 Å². The summed E-state index contributed by atoms with van der Waals surface area (Å²) in [7, 11) is 1.43. The van der Waals surface area contributed by atoms with Crippen LogP contribution in [0.3, 0.4) is 0 Å². The molecule has 0 saturated heterocycles. The zero-order valence-corrected chi connectivity index (χ0v) is 20.3. The number of nitriles is 1. The summed E-state index contributed by atoms with van der Waals surface area (Å²) in [4.78, 5) is 12.6. The molecular weight excluding hydrogens is 479 g/mol. The number of halogens is 2. The molecule has 0 aliphatic heterocycles. The zero-order chi connectivity index (χ0) is 24.7. The summed E-state index contributed by atoms with van der Waals surface area (Å²) in [6, 6.07) is 11.2. The molecule has 176 valence electrons. The van der Waals surface area contributed by atoms with Gasteiger partial charge in [0.05, 0.1) is 12.1 Å². The van der Waals surface area contributed by atoms with Crippen LogP contribution in [0.4, 0.5) is 9.52 Å². The van der Waals surface area contributed by atoms with Crippen molar-refractivity contribution in [2.24, 2.45) is 5.92 Å². The van der Waals surface area contributed by atoms with Gasteiger partial charge in [-0.15, -0.1) is 10.2 Å². The van der Waals surface area contributed by atoms with Crippen LogP contribution in [0, 0.1) is 23.1 Å². The predicted molar refractivity (Wildman–Crippen MR) is 129 cm³/mol. The topological polar surface area (TPSA) is 97.1 Å². The third kappa shape index (κ3) is 6.53. The van der Waals surface area contributed by atoms with E-state index in [0.29, 0.717) is 22.2 Å². The zero-order valence-electron chi connectivity index (χ0n) is 18.8. The molecule has 0 saturated carbocycles.